The first-order chi connectivity index (χ1) is 17.4. The molecule has 3 aliphatic rings. The van der Waals surface area contributed by atoms with Crippen molar-refractivity contribution in [3.63, 3.8) is 0 Å². The van der Waals surface area contributed by atoms with Crippen LogP contribution in [0.2, 0.25) is 0 Å². The molecule has 3 aliphatic heterocycles. The molecule has 3 aromatic rings. The maximum absolute atomic E-state index is 12.3. The Morgan fingerprint density at radius 2 is 2.11 bits per heavy atom. The lowest BCUT2D eigenvalue weighted by atomic mass is 9.87. The second kappa shape index (κ2) is 8.79. The summed E-state index contributed by atoms with van der Waals surface area (Å²) in [5.41, 5.74) is 7.07. The Kier molecular flexibility index (Phi) is 5.56. The molecule has 0 spiro atoms. The molecule has 0 saturated carbocycles. The number of nitrogens with zero attached hydrogens (tertiary/aromatic N) is 7. The second-order valence-electron chi connectivity index (χ2n) is 10.2. The van der Waals surface area contributed by atoms with E-state index in [1.54, 1.807) is 11.6 Å². The number of fused-ring (bicyclic) bond motifs is 2. The number of benzene rings is 1. The maximum Gasteiger partial charge on any atom is 0.219 e. The number of carbonyl (C=O) groups is 1. The summed E-state index contributed by atoms with van der Waals surface area (Å²) < 4.78 is 9.62. The van der Waals surface area contributed by atoms with Gasteiger partial charge in [0, 0.05) is 74.4 Å². The van der Waals surface area contributed by atoms with Crippen LogP contribution in [0.15, 0.2) is 24.5 Å². The number of hydrogen-bond donors (Lipinski definition) is 0. The fourth-order valence-electron chi connectivity index (χ4n) is 5.87. The van der Waals surface area contributed by atoms with Gasteiger partial charge in [0.05, 0.1) is 37.0 Å². The fourth-order valence-corrected chi connectivity index (χ4v) is 5.87. The Hall–Kier alpha value is -3.64. The Morgan fingerprint density at radius 3 is 2.81 bits per heavy atom. The molecule has 1 unspecified atom stereocenters. The number of nitriles is 1. The van der Waals surface area contributed by atoms with E-state index in [1.807, 2.05) is 30.4 Å². The molecule has 2 atom stereocenters. The lowest BCUT2D eigenvalue weighted by Crippen LogP contribution is -2.36. The van der Waals surface area contributed by atoms with Crippen molar-refractivity contribution in [1.29, 1.82) is 5.26 Å². The summed E-state index contributed by atoms with van der Waals surface area (Å²) in [7, 11) is 1.89. The van der Waals surface area contributed by atoms with Gasteiger partial charge in [-0.1, -0.05) is 6.92 Å². The maximum atomic E-state index is 12.3. The zero-order valence-corrected chi connectivity index (χ0v) is 21.1. The van der Waals surface area contributed by atoms with Crippen LogP contribution in [0.25, 0.3) is 11.1 Å². The quantitative estimate of drug-likeness (QED) is 0.562. The lowest BCUT2D eigenvalue weighted by Gasteiger charge is -2.35. The van der Waals surface area contributed by atoms with Gasteiger partial charge in [-0.25, -0.2) is 0 Å². The predicted octanol–water partition coefficient (Wildman–Crippen LogP) is 3.67. The standard InChI is InChI=1S/C27H31N7O2/c1-17-4-8-33(26-10-19(12-28)23(11-22(17)26)20-13-29-31(3)14-20)27-24-15-32(18(2)35)7-5-25(24)34(30-27)21-6-9-36-16-21/h10-11,13-14,17,21H,4-9,15-16H2,1-3H3/t17-,21?/m0/s1. The molecule has 0 aliphatic carbocycles. The van der Waals surface area contributed by atoms with E-state index in [0.717, 1.165) is 60.6 Å². The number of amides is 1. The number of anilines is 2. The van der Waals surface area contributed by atoms with E-state index in [4.69, 9.17) is 9.84 Å². The van der Waals surface area contributed by atoms with E-state index in [1.165, 1.54) is 11.3 Å². The van der Waals surface area contributed by atoms with Crippen molar-refractivity contribution in [2.24, 2.45) is 7.05 Å². The molecule has 1 aromatic carbocycles. The molecule has 36 heavy (non-hydrogen) atoms. The van der Waals surface area contributed by atoms with Gasteiger partial charge in [0.1, 0.15) is 0 Å². The largest absolute Gasteiger partial charge is 0.379 e. The first-order valence-corrected chi connectivity index (χ1v) is 12.7. The number of hydrogen-bond acceptors (Lipinski definition) is 6. The average molecular weight is 486 g/mol. The minimum absolute atomic E-state index is 0.0871. The van der Waals surface area contributed by atoms with E-state index in [-0.39, 0.29) is 11.9 Å². The van der Waals surface area contributed by atoms with Crippen LogP contribution >= 0.6 is 0 Å². The van der Waals surface area contributed by atoms with Crippen molar-refractivity contribution < 1.29 is 9.53 Å². The predicted molar refractivity (Wildman–Crippen MR) is 135 cm³/mol. The molecule has 1 saturated heterocycles. The summed E-state index contributed by atoms with van der Waals surface area (Å²) in [4.78, 5) is 16.5. The van der Waals surface area contributed by atoms with E-state index >= 15 is 0 Å². The summed E-state index contributed by atoms with van der Waals surface area (Å²) in [6, 6.07) is 6.82. The molecular weight excluding hydrogens is 454 g/mol. The van der Waals surface area contributed by atoms with Gasteiger partial charge in [-0.05, 0) is 36.5 Å². The highest BCUT2D eigenvalue weighted by molar-refractivity contribution is 5.79. The summed E-state index contributed by atoms with van der Waals surface area (Å²) in [6.45, 7) is 7.39. The van der Waals surface area contributed by atoms with Gasteiger partial charge in [0.2, 0.25) is 5.91 Å². The first-order valence-electron chi connectivity index (χ1n) is 12.7. The number of carbonyl (C=O) groups excluding carboxylic acids is 1. The monoisotopic (exact) mass is 485 g/mol. The summed E-state index contributed by atoms with van der Waals surface area (Å²) in [5.74, 6) is 1.35. The van der Waals surface area contributed by atoms with Crippen LogP contribution in [0.4, 0.5) is 11.5 Å². The molecule has 0 radical (unpaired) electrons. The normalized spacial score (nSPS) is 21.3. The van der Waals surface area contributed by atoms with E-state index in [0.29, 0.717) is 31.2 Å². The minimum Gasteiger partial charge on any atom is -0.379 e. The van der Waals surface area contributed by atoms with Crippen molar-refractivity contribution in [3.8, 4) is 17.2 Å². The number of aromatic nitrogens is 4. The van der Waals surface area contributed by atoms with Crippen LogP contribution in [-0.4, -0.2) is 56.7 Å². The molecule has 0 N–H and O–H groups in total. The third kappa shape index (κ3) is 3.68. The fraction of sp³-hybridized carbons (Fsp3) is 0.481. The highest BCUT2D eigenvalue weighted by Crippen LogP contribution is 2.44. The molecule has 2 aromatic heterocycles. The van der Waals surface area contributed by atoms with Crippen molar-refractivity contribution in [2.75, 3.05) is 31.2 Å². The number of aryl methyl sites for hydroxylation is 1. The SMILES string of the molecule is CC(=O)N1CCc2c(c(N3CC[C@H](C)c4cc(-c5cnn(C)c5)c(C#N)cc43)nn2C2CCOC2)C1. The van der Waals surface area contributed by atoms with E-state index < -0.39 is 0 Å². The van der Waals surface area contributed by atoms with Crippen molar-refractivity contribution in [1.82, 2.24) is 24.5 Å². The summed E-state index contributed by atoms with van der Waals surface area (Å²) >= 11 is 0. The molecule has 1 amide bonds. The Bertz CT molecular complexity index is 1380. The van der Waals surface area contributed by atoms with Crippen LogP contribution in [-0.2, 0) is 29.5 Å². The minimum atomic E-state index is 0.0871. The van der Waals surface area contributed by atoms with Crippen molar-refractivity contribution in [2.45, 2.75) is 51.6 Å². The van der Waals surface area contributed by atoms with Crippen LogP contribution in [0.5, 0.6) is 0 Å². The molecule has 5 heterocycles. The third-order valence-electron chi connectivity index (χ3n) is 7.93. The lowest BCUT2D eigenvalue weighted by molar-refractivity contribution is -0.129. The van der Waals surface area contributed by atoms with Gasteiger partial charge in [-0.2, -0.15) is 15.5 Å². The Labute approximate surface area is 210 Å². The molecular formula is C27H31N7O2. The highest BCUT2D eigenvalue weighted by atomic mass is 16.5. The van der Waals surface area contributed by atoms with Crippen LogP contribution < -0.4 is 4.90 Å². The molecule has 186 valence electrons. The third-order valence-corrected chi connectivity index (χ3v) is 7.93. The van der Waals surface area contributed by atoms with E-state index in [2.05, 4.69) is 33.7 Å². The van der Waals surface area contributed by atoms with Crippen LogP contribution in [0.1, 0.15) is 61.0 Å². The Morgan fingerprint density at radius 1 is 1.25 bits per heavy atom. The van der Waals surface area contributed by atoms with Crippen LogP contribution in [0.3, 0.4) is 0 Å². The average Bonchev–Trinajstić information content (AvgIpc) is 3.63. The second-order valence-corrected chi connectivity index (χ2v) is 10.2. The summed E-state index contributed by atoms with van der Waals surface area (Å²) in [6.07, 6.45) is 6.48. The van der Waals surface area contributed by atoms with Crippen molar-refractivity contribution in [3.05, 3.63) is 46.9 Å². The number of rotatable bonds is 3. The van der Waals surface area contributed by atoms with Crippen LogP contribution in [0, 0.1) is 11.3 Å². The van der Waals surface area contributed by atoms with Gasteiger partial charge in [-0.15, -0.1) is 0 Å². The van der Waals surface area contributed by atoms with Gasteiger partial charge < -0.3 is 14.5 Å². The molecule has 9 heteroatoms. The summed E-state index contributed by atoms with van der Waals surface area (Å²) in [5, 5.41) is 19.6. The van der Waals surface area contributed by atoms with Gasteiger partial charge in [-0.3, -0.25) is 14.2 Å². The first kappa shape index (κ1) is 22.8. The van der Waals surface area contributed by atoms with Crippen molar-refractivity contribution >= 4 is 17.4 Å². The molecule has 6 rings (SSSR count). The number of ether oxygens (including phenoxy) is 1. The van der Waals surface area contributed by atoms with Gasteiger partial charge in [0.25, 0.3) is 0 Å². The topological polar surface area (TPSA) is 92.2 Å². The highest BCUT2D eigenvalue weighted by Gasteiger charge is 2.35. The smallest absolute Gasteiger partial charge is 0.219 e. The van der Waals surface area contributed by atoms with Gasteiger partial charge >= 0.3 is 0 Å². The van der Waals surface area contributed by atoms with E-state index in [9.17, 15) is 10.1 Å². The van der Waals surface area contributed by atoms with Gasteiger partial charge in [0.15, 0.2) is 5.82 Å². The molecule has 1 fully saturated rings. The zero-order chi connectivity index (χ0) is 25.0. The molecule has 9 nitrogen and oxygen atoms in total. The zero-order valence-electron chi connectivity index (χ0n) is 21.1. The Balaban J connectivity index is 1.49. The molecule has 0 bridgehead atoms.